The molecular weight excluding hydrogens is 266 g/mol. The number of amidine groups is 1. The Hall–Kier alpha value is -0.810. The molecule has 0 unspecified atom stereocenters. The average molecular weight is 299 g/mol. The second-order valence-corrected chi connectivity index (χ2v) is 7.37. The van der Waals surface area contributed by atoms with Crippen molar-refractivity contribution in [3.8, 4) is 0 Å². The van der Waals surface area contributed by atoms with Crippen LogP contribution in [0, 0.1) is 11.3 Å². The first-order valence-corrected chi connectivity index (χ1v) is 8.19. The van der Waals surface area contributed by atoms with E-state index in [0.29, 0.717) is 5.84 Å². The van der Waals surface area contributed by atoms with E-state index in [4.69, 9.17) is 10.9 Å². The molecule has 5 nitrogen and oxygen atoms in total. The van der Waals surface area contributed by atoms with E-state index in [0.717, 1.165) is 44.6 Å². The molecule has 5 heteroatoms. The highest BCUT2D eigenvalue weighted by atomic mass is 16.4. The van der Waals surface area contributed by atoms with Gasteiger partial charge in [-0.25, -0.2) is 0 Å². The Balaban J connectivity index is 2.27. The van der Waals surface area contributed by atoms with E-state index in [1.54, 1.807) is 0 Å². The van der Waals surface area contributed by atoms with Gasteiger partial charge in [0.25, 0.3) is 0 Å². The number of unbranched alkanes of at least 4 members (excludes halogenated alkanes) is 1. The average Bonchev–Trinajstić information content (AvgIpc) is 2.48. The number of nitrogens with one attached hydrogen (secondary N) is 1. The summed E-state index contributed by atoms with van der Waals surface area (Å²) in [4.78, 5) is 0. The first-order chi connectivity index (χ1) is 9.85. The molecule has 0 spiro atoms. The number of nitrogens with two attached hydrogens (primary N) is 1. The Kier molecular flexibility index (Phi) is 6.94. The predicted octanol–water partition coefficient (Wildman–Crippen LogP) is 2.46. The lowest BCUT2D eigenvalue weighted by molar-refractivity contribution is 0.105. The molecule has 0 saturated heterocycles. The Bertz CT molecular complexity index is 334. The van der Waals surface area contributed by atoms with Crippen LogP contribution in [0.3, 0.4) is 0 Å². The van der Waals surface area contributed by atoms with Gasteiger partial charge in [0, 0.05) is 11.0 Å². The molecule has 0 aromatic carbocycles. The van der Waals surface area contributed by atoms with Gasteiger partial charge in [-0.1, -0.05) is 32.3 Å². The summed E-state index contributed by atoms with van der Waals surface area (Å²) in [6.07, 6.45) is 7.50. The van der Waals surface area contributed by atoms with Gasteiger partial charge >= 0.3 is 0 Å². The molecule has 1 fully saturated rings. The van der Waals surface area contributed by atoms with Crippen LogP contribution in [-0.2, 0) is 0 Å². The van der Waals surface area contributed by atoms with Crippen LogP contribution in [0.4, 0.5) is 0 Å². The highest BCUT2D eigenvalue weighted by molar-refractivity contribution is 5.85. The van der Waals surface area contributed by atoms with E-state index >= 15 is 0 Å². The fourth-order valence-corrected chi connectivity index (χ4v) is 3.01. The highest BCUT2D eigenvalue weighted by Gasteiger charge is 2.32. The molecular formula is C16H33N3O2. The number of hydrogen-bond acceptors (Lipinski definition) is 4. The van der Waals surface area contributed by atoms with Crippen molar-refractivity contribution in [3.63, 3.8) is 0 Å². The molecule has 1 rings (SSSR count). The number of hydrogen-bond donors (Lipinski definition) is 4. The Morgan fingerprint density at radius 3 is 2.48 bits per heavy atom. The van der Waals surface area contributed by atoms with Crippen LogP contribution in [0.25, 0.3) is 0 Å². The van der Waals surface area contributed by atoms with Gasteiger partial charge in [-0.15, -0.1) is 0 Å². The van der Waals surface area contributed by atoms with Crippen LogP contribution >= 0.6 is 0 Å². The van der Waals surface area contributed by atoms with E-state index < -0.39 is 0 Å². The van der Waals surface area contributed by atoms with Gasteiger partial charge in [-0.05, 0) is 51.0 Å². The number of aliphatic hydroxyl groups excluding tert-OH is 1. The zero-order valence-electron chi connectivity index (χ0n) is 13.9. The summed E-state index contributed by atoms with van der Waals surface area (Å²) in [7, 11) is 0. The summed E-state index contributed by atoms with van der Waals surface area (Å²) in [5.41, 5.74) is 5.37. The molecule has 0 heterocycles. The molecule has 124 valence electrons. The molecule has 21 heavy (non-hydrogen) atoms. The van der Waals surface area contributed by atoms with Crippen LogP contribution < -0.4 is 11.1 Å². The summed E-state index contributed by atoms with van der Waals surface area (Å²) >= 11 is 0. The van der Waals surface area contributed by atoms with Crippen molar-refractivity contribution in [1.29, 1.82) is 0 Å². The van der Waals surface area contributed by atoms with E-state index in [-0.39, 0.29) is 17.6 Å². The molecule has 0 amide bonds. The molecule has 0 aromatic rings. The fourth-order valence-electron chi connectivity index (χ4n) is 3.01. The predicted molar refractivity (Wildman–Crippen MR) is 86.5 cm³/mol. The summed E-state index contributed by atoms with van der Waals surface area (Å²) in [6.45, 7) is 7.42. The van der Waals surface area contributed by atoms with Crippen molar-refractivity contribution in [2.24, 2.45) is 22.2 Å². The van der Waals surface area contributed by atoms with Crippen molar-refractivity contribution >= 4 is 5.84 Å². The normalized spacial score (nSPS) is 27.8. The number of nitrogens with zero attached hydrogens (tertiary/aromatic N) is 1. The Labute approximate surface area is 129 Å². The van der Waals surface area contributed by atoms with Gasteiger partial charge in [0.1, 0.15) is 5.84 Å². The van der Waals surface area contributed by atoms with Gasteiger partial charge in [0.05, 0.1) is 6.61 Å². The fraction of sp³-hybridized carbons (Fsp3) is 0.938. The highest BCUT2D eigenvalue weighted by Crippen LogP contribution is 2.31. The van der Waals surface area contributed by atoms with Gasteiger partial charge in [-0.3, -0.25) is 0 Å². The van der Waals surface area contributed by atoms with E-state index in [1.807, 2.05) is 13.8 Å². The third kappa shape index (κ3) is 5.47. The van der Waals surface area contributed by atoms with Gasteiger partial charge in [0.2, 0.25) is 0 Å². The number of oxime groups is 1. The van der Waals surface area contributed by atoms with E-state index in [1.165, 1.54) is 12.8 Å². The largest absolute Gasteiger partial charge is 0.409 e. The molecule has 1 saturated carbocycles. The van der Waals surface area contributed by atoms with E-state index in [2.05, 4.69) is 17.4 Å². The maximum absolute atomic E-state index is 9.70. The van der Waals surface area contributed by atoms with Crippen LogP contribution in [0.2, 0.25) is 0 Å². The van der Waals surface area contributed by atoms with Crippen molar-refractivity contribution in [1.82, 2.24) is 5.32 Å². The van der Waals surface area contributed by atoms with Crippen molar-refractivity contribution in [3.05, 3.63) is 0 Å². The van der Waals surface area contributed by atoms with Crippen LogP contribution in [0.5, 0.6) is 0 Å². The minimum atomic E-state index is -0.260. The Morgan fingerprint density at radius 2 is 1.95 bits per heavy atom. The molecule has 0 bridgehead atoms. The maximum Gasteiger partial charge on any atom is 0.144 e. The summed E-state index contributed by atoms with van der Waals surface area (Å²) in [6, 6.07) is 0. The maximum atomic E-state index is 9.70. The first-order valence-electron chi connectivity index (χ1n) is 8.19. The zero-order valence-corrected chi connectivity index (χ0v) is 13.9. The van der Waals surface area contributed by atoms with Crippen LogP contribution in [0.1, 0.15) is 65.7 Å². The lowest BCUT2D eigenvalue weighted by atomic mass is 9.77. The minimum Gasteiger partial charge on any atom is -0.409 e. The van der Waals surface area contributed by atoms with Crippen LogP contribution in [-0.4, -0.2) is 34.8 Å². The van der Waals surface area contributed by atoms with Crippen molar-refractivity contribution < 1.29 is 10.3 Å². The quantitative estimate of drug-likeness (QED) is 0.182. The second kappa shape index (κ2) is 7.99. The molecule has 0 radical (unpaired) electrons. The standard InChI is InChI=1S/C16H33N3O2/c1-13-6-9-16(12-20,10-7-13)18-11-5-4-8-15(2,3)14(17)19-21/h13,18,20-21H,4-12H2,1-3H3,(H2,17,19). The monoisotopic (exact) mass is 299 g/mol. The molecule has 5 N–H and O–H groups in total. The zero-order chi connectivity index (χ0) is 15.9. The van der Waals surface area contributed by atoms with Gasteiger partial charge < -0.3 is 21.4 Å². The summed E-state index contributed by atoms with van der Waals surface area (Å²) in [5, 5.41) is 25.1. The SMILES string of the molecule is CC1CCC(CO)(NCCCCC(C)(C)C(N)=NO)CC1. The van der Waals surface area contributed by atoms with Crippen molar-refractivity contribution in [2.75, 3.05) is 13.2 Å². The lowest BCUT2D eigenvalue weighted by Gasteiger charge is -2.39. The van der Waals surface area contributed by atoms with Crippen LogP contribution in [0.15, 0.2) is 5.16 Å². The minimum absolute atomic E-state index is 0.0619. The van der Waals surface area contributed by atoms with Gasteiger partial charge in [0.15, 0.2) is 0 Å². The summed E-state index contributed by atoms with van der Waals surface area (Å²) in [5.74, 6) is 1.08. The Morgan fingerprint density at radius 1 is 1.33 bits per heavy atom. The third-order valence-corrected chi connectivity index (χ3v) is 5.06. The third-order valence-electron chi connectivity index (χ3n) is 5.06. The second-order valence-electron chi connectivity index (χ2n) is 7.37. The smallest absolute Gasteiger partial charge is 0.144 e. The number of aliphatic hydroxyl groups is 1. The molecule has 0 atom stereocenters. The molecule has 1 aliphatic rings. The molecule has 0 aliphatic heterocycles. The first kappa shape index (κ1) is 18.2. The topological polar surface area (TPSA) is 90.9 Å². The van der Waals surface area contributed by atoms with E-state index in [9.17, 15) is 5.11 Å². The molecule has 0 aromatic heterocycles. The van der Waals surface area contributed by atoms with Gasteiger partial charge in [-0.2, -0.15) is 0 Å². The van der Waals surface area contributed by atoms with Crippen molar-refractivity contribution in [2.45, 2.75) is 71.3 Å². The molecule has 1 aliphatic carbocycles. The summed E-state index contributed by atoms with van der Waals surface area (Å²) < 4.78 is 0. The number of rotatable bonds is 8. The lowest BCUT2D eigenvalue weighted by Crippen LogP contribution is -2.51.